The van der Waals surface area contributed by atoms with Crippen LogP contribution in [0.4, 0.5) is 4.79 Å². The molecule has 0 radical (unpaired) electrons. The summed E-state index contributed by atoms with van der Waals surface area (Å²) >= 11 is 0. The normalized spacial score (nSPS) is 33.8. The molecule has 0 bridgehead atoms. The first kappa shape index (κ1) is 15.8. The molecule has 1 saturated heterocycles. The summed E-state index contributed by atoms with van der Waals surface area (Å²) < 4.78 is 6.07. The lowest BCUT2D eigenvalue weighted by Gasteiger charge is -2.43. The van der Waals surface area contributed by atoms with Gasteiger partial charge in [0.1, 0.15) is 0 Å². The Kier molecular flexibility index (Phi) is 5.03. The Balaban J connectivity index is 1.46. The Morgan fingerprint density at radius 2 is 2.05 bits per heavy atom. The van der Waals surface area contributed by atoms with Crippen LogP contribution in [0.25, 0.3) is 0 Å². The number of hydrogen-bond donors (Lipinski definition) is 3. The van der Waals surface area contributed by atoms with E-state index in [4.69, 9.17) is 9.84 Å². The number of rotatable bonds is 3. The fraction of sp³-hybridized carbons (Fsp3) is 0.824. The SMILES string of the molecule is O=C(NC1CCOC2(CCCCC2)C1)N[C@@H]1C=C[C@H](CO)C1. The molecule has 124 valence electrons. The van der Waals surface area contributed by atoms with E-state index in [2.05, 4.69) is 10.6 Å². The first-order valence-electron chi connectivity index (χ1n) is 8.69. The Labute approximate surface area is 132 Å². The molecule has 5 heteroatoms. The molecule has 2 fully saturated rings. The van der Waals surface area contributed by atoms with E-state index in [0.29, 0.717) is 0 Å². The molecule has 1 saturated carbocycles. The second-order valence-corrected chi connectivity index (χ2v) is 7.07. The van der Waals surface area contributed by atoms with E-state index in [1.54, 1.807) is 0 Å². The van der Waals surface area contributed by atoms with Crippen molar-refractivity contribution >= 4 is 6.03 Å². The zero-order chi connectivity index (χ0) is 15.4. The topological polar surface area (TPSA) is 70.6 Å². The van der Waals surface area contributed by atoms with Crippen LogP contribution in [0.15, 0.2) is 12.2 Å². The second kappa shape index (κ2) is 7.01. The maximum atomic E-state index is 12.2. The molecule has 0 aromatic heterocycles. The van der Waals surface area contributed by atoms with Crippen LogP contribution in [0, 0.1) is 5.92 Å². The van der Waals surface area contributed by atoms with Gasteiger partial charge >= 0.3 is 6.03 Å². The van der Waals surface area contributed by atoms with Crippen molar-refractivity contribution in [1.82, 2.24) is 10.6 Å². The van der Waals surface area contributed by atoms with E-state index in [1.165, 1.54) is 19.3 Å². The minimum atomic E-state index is -0.0916. The number of aliphatic hydroxyl groups is 1. The van der Waals surface area contributed by atoms with E-state index in [9.17, 15) is 4.79 Å². The van der Waals surface area contributed by atoms with Crippen LogP contribution in [-0.2, 0) is 4.74 Å². The number of carbonyl (C=O) groups excluding carboxylic acids is 1. The lowest BCUT2D eigenvalue weighted by molar-refractivity contribution is -0.107. The molecule has 0 aromatic rings. The molecule has 3 atom stereocenters. The van der Waals surface area contributed by atoms with Crippen LogP contribution < -0.4 is 10.6 Å². The Hall–Kier alpha value is -1.07. The van der Waals surface area contributed by atoms with Gasteiger partial charge in [-0.25, -0.2) is 4.79 Å². The summed E-state index contributed by atoms with van der Waals surface area (Å²) in [4.78, 5) is 12.2. The van der Waals surface area contributed by atoms with Crippen LogP contribution in [0.3, 0.4) is 0 Å². The molecule has 1 aliphatic heterocycles. The summed E-state index contributed by atoms with van der Waals surface area (Å²) in [6.07, 6.45) is 12.7. The molecule has 3 rings (SSSR count). The number of nitrogens with one attached hydrogen (secondary N) is 2. The molecule has 5 nitrogen and oxygen atoms in total. The molecule has 3 N–H and O–H groups in total. The number of amides is 2. The Bertz CT molecular complexity index is 413. The molecule has 22 heavy (non-hydrogen) atoms. The summed E-state index contributed by atoms with van der Waals surface area (Å²) in [5.41, 5.74) is 0.0176. The quantitative estimate of drug-likeness (QED) is 0.699. The molecule has 1 spiro atoms. The number of aliphatic hydroxyl groups excluding tert-OH is 1. The van der Waals surface area contributed by atoms with Crippen LogP contribution in [-0.4, -0.2) is 42.0 Å². The van der Waals surface area contributed by atoms with E-state index in [-0.39, 0.29) is 36.2 Å². The van der Waals surface area contributed by atoms with Crippen molar-refractivity contribution in [2.75, 3.05) is 13.2 Å². The van der Waals surface area contributed by atoms with Gasteiger partial charge in [-0.15, -0.1) is 0 Å². The van der Waals surface area contributed by atoms with Crippen LogP contribution in [0.5, 0.6) is 0 Å². The third-order valence-electron chi connectivity index (χ3n) is 5.32. The predicted molar refractivity (Wildman–Crippen MR) is 84.6 cm³/mol. The number of carbonyl (C=O) groups is 1. The minimum absolute atomic E-state index is 0.0176. The van der Waals surface area contributed by atoms with Gasteiger partial charge in [-0.05, 0) is 32.1 Å². The fourth-order valence-electron chi connectivity index (χ4n) is 4.11. The predicted octanol–water partition coefficient (Wildman–Crippen LogP) is 2.10. The summed E-state index contributed by atoms with van der Waals surface area (Å²) in [6, 6.07) is 0.164. The van der Waals surface area contributed by atoms with E-state index in [0.717, 1.165) is 38.7 Å². The van der Waals surface area contributed by atoms with Gasteiger partial charge < -0.3 is 20.5 Å². The average Bonchev–Trinajstić information content (AvgIpc) is 2.95. The zero-order valence-corrected chi connectivity index (χ0v) is 13.2. The smallest absolute Gasteiger partial charge is 0.315 e. The summed E-state index contributed by atoms with van der Waals surface area (Å²) in [7, 11) is 0. The van der Waals surface area contributed by atoms with Gasteiger partial charge in [0, 0.05) is 31.2 Å². The molecular weight excluding hydrogens is 280 g/mol. The van der Waals surface area contributed by atoms with Gasteiger partial charge in [-0.1, -0.05) is 31.4 Å². The molecule has 1 unspecified atom stereocenters. The standard InChI is InChI=1S/C17H28N2O3/c20-12-13-4-5-14(10-13)18-16(21)19-15-6-9-22-17(11-15)7-2-1-3-8-17/h4-5,13-15,20H,1-3,6-12H2,(H2,18,19,21)/t13-,14+,15?/m0/s1. The molecule has 3 aliphatic rings. The van der Waals surface area contributed by atoms with Crippen molar-refractivity contribution in [2.45, 2.75) is 69.1 Å². The van der Waals surface area contributed by atoms with Crippen molar-refractivity contribution < 1.29 is 14.6 Å². The van der Waals surface area contributed by atoms with Gasteiger partial charge in [0.05, 0.1) is 5.60 Å². The van der Waals surface area contributed by atoms with Crippen molar-refractivity contribution in [2.24, 2.45) is 5.92 Å². The first-order chi connectivity index (χ1) is 10.7. The van der Waals surface area contributed by atoms with E-state index >= 15 is 0 Å². The first-order valence-corrected chi connectivity index (χ1v) is 8.69. The average molecular weight is 308 g/mol. The highest BCUT2D eigenvalue weighted by atomic mass is 16.5. The summed E-state index contributed by atoms with van der Waals surface area (Å²) in [5.74, 6) is 0.180. The fourth-order valence-corrected chi connectivity index (χ4v) is 4.11. The summed E-state index contributed by atoms with van der Waals surface area (Å²) in [6.45, 7) is 0.902. The van der Waals surface area contributed by atoms with Gasteiger partial charge in [0.15, 0.2) is 0 Å². The van der Waals surface area contributed by atoms with E-state index in [1.807, 2.05) is 12.2 Å². The van der Waals surface area contributed by atoms with Crippen molar-refractivity contribution in [3.05, 3.63) is 12.2 Å². The molecule has 2 amide bonds. The third-order valence-corrected chi connectivity index (χ3v) is 5.32. The van der Waals surface area contributed by atoms with Gasteiger partial charge in [-0.3, -0.25) is 0 Å². The Morgan fingerprint density at radius 3 is 2.77 bits per heavy atom. The molecule has 2 aliphatic carbocycles. The lowest BCUT2D eigenvalue weighted by atomic mass is 9.78. The maximum Gasteiger partial charge on any atom is 0.315 e. The van der Waals surface area contributed by atoms with Crippen molar-refractivity contribution in [3.8, 4) is 0 Å². The van der Waals surface area contributed by atoms with Gasteiger partial charge in [0.2, 0.25) is 0 Å². The number of ether oxygens (including phenoxy) is 1. The number of urea groups is 1. The minimum Gasteiger partial charge on any atom is -0.396 e. The van der Waals surface area contributed by atoms with Crippen LogP contribution >= 0.6 is 0 Å². The van der Waals surface area contributed by atoms with Crippen molar-refractivity contribution in [1.29, 1.82) is 0 Å². The molecule has 0 aromatic carbocycles. The van der Waals surface area contributed by atoms with Crippen molar-refractivity contribution in [3.63, 3.8) is 0 Å². The largest absolute Gasteiger partial charge is 0.396 e. The highest BCUT2D eigenvalue weighted by Crippen LogP contribution is 2.38. The Morgan fingerprint density at radius 1 is 1.23 bits per heavy atom. The highest BCUT2D eigenvalue weighted by molar-refractivity contribution is 5.75. The second-order valence-electron chi connectivity index (χ2n) is 7.07. The van der Waals surface area contributed by atoms with Gasteiger partial charge in [-0.2, -0.15) is 0 Å². The van der Waals surface area contributed by atoms with Crippen LogP contribution in [0.1, 0.15) is 51.4 Å². The highest BCUT2D eigenvalue weighted by Gasteiger charge is 2.39. The monoisotopic (exact) mass is 308 g/mol. The maximum absolute atomic E-state index is 12.2. The van der Waals surface area contributed by atoms with Crippen LogP contribution in [0.2, 0.25) is 0 Å². The summed E-state index contributed by atoms with van der Waals surface area (Å²) in [5, 5.41) is 15.2. The van der Waals surface area contributed by atoms with Gasteiger partial charge in [0.25, 0.3) is 0 Å². The third kappa shape index (κ3) is 3.82. The zero-order valence-electron chi connectivity index (χ0n) is 13.2. The van der Waals surface area contributed by atoms with E-state index < -0.39 is 0 Å². The molecule has 1 heterocycles. The lowest BCUT2D eigenvalue weighted by Crippen LogP contribution is -2.52. The molecular formula is C17H28N2O3. The number of hydrogen-bond acceptors (Lipinski definition) is 3.